The third kappa shape index (κ3) is 4.56. The maximum atomic E-state index is 11.9. The van der Waals surface area contributed by atoms with Gasteiger partial charge in [-0.2, -0.15) is 4.98 Å². The molecule has 0 saturated heterocycles. The van der Waals surface area contributed by atoms with Crippen LogP contribution in [0, 0.1) is 12.8 Å². The molecule has 0 aliphatic rings. The molecular formula is C15H20N4O3. The maximum absolute atomic E-state index is 11.9. The molecule has 2 rings (SSSR count). The van der Waals surface area contributed by atoms with Crippen LogP contribution in [-0.2, 0) is 11.4 Å². The van der Waals surface area contributed by atoms with E-state index in [0.717, 1.165) is 5.69 Å². The van der Waals surface area contributed by atoms with Crippen molar-refractivity contribution in [2.24, 2.45) is 5.92 Å². The van der Waals surface area contributed by atoms with Gasteiger partial charge in [0.05, 0.1) is 0 Å². The van der Waals surface area contributed by atoms with Crippen LogP contribution in [0.1, 0.15) is 18.6 Å². The van der Waals surface area contributed by atoms with Crippen LogP contribution in [0.15, 0.2) is 28.8 Å². The number of ether oxygens (including phenoxy) is 1. The second-order valence-electron chi connectivity index (χ2n) is 4.99. The molecule has 1 heterocycles. The molecule has 118 valence electrons. The van der Waals surface area contributed by atoms with E-state index in [4.69, 9.17) is 9.26 Å². The smallest absolute Gasteiger partial charge is 0.228 e. The fourth-order valence-electron chi connectivity index (χ4n) is 1.85. The zero-order valence-corrected chi connectivity index (χ0v) is 12.9. The van der Waals surface area contributed by atoms with Gasteiger partial charge in [0.2, 0.25) is 17.6 Å². The van der Waals surface area contributed by atoms with Crippen LogP contribution in [0.3, 0.4) is 0 Å². The first kappa shape index (κ1) is 16.0. The molecule has 0 bridgehead atoms. The summed E-state index contributed by atoms with van der Waals surface area (Å²) in [4.78, 5) is 15.9. The van der Waals surface area contributed by atoms with Crippen molar-refractivity contribution in [2.45, 2.75) is 20.5 Å². The largest absolute Gasteiger partial charge is 0.485 e. The van der Waals surface area contributed by atoms with Crippen LogP contribution in [0.4, 0.5) is 5.69 Å². The van der Waals surface area contributed by atoms with Gasteiger partial charge in [-0.25, -0.2) is 0 Å². The quantitative estimate of drug-likeness (QED) is 0.810. The average Bonchev–Trinajstić information content (AvgIpc) is 2.92. The molecule has 0 aliphatic carbocycles. The van der Waals surface area contributed by atoms with Crippen LogP contribution in [0.2, 0.25) is 0 Å². The number of benzene rings is 1. The summed E-state index contributed by atoms with van der Waals surface area (Å²) in [6.07, 6.45) is 0. The second-order valence-corrected chi connectivity index (χ2v) is 4.99. The lowest BCUT2D eigenvalue weighted by Gasteiger charge is -2.12. The molecule has 0 fully saturated rings. The predicted molar refractivity (Wildman–Crippen MR) is 81.5 cm³/mol. The lowest BCUT2D eigenvalue weighted by molar-refractivity contribution is -0.119. The molecule has 1 atom stereocenters. The van der Waals surface area contributed by atoms with E-state index in [2.05, 4.69) is 20.8 Å². The molecule has 1 unspecified atom stereocenters. The highest BCUT2D eigenvalue weighted by Crippen LogP contribution is 2.17. The van der Waals surface area contributed by atoms with Gasteiger partial charge in [-0.05, 0) is 31.3 Å². The van der Waals surface area contributed by atoms with Gasteiger partial charge in [-0.3, -0.25) is 4.79 Å². The number of nitrogens with zero attached hydrogens (tertiary/aromatic N) is 2. The number of anilines is 1. The Labute approximate surface area is 129 Å². The molecule has 7 nitrogen and oxygen atoms in total. The van der Waals surface area contributed by atoms with Crippen LogP contribution in [0.5, 0.6) is 5.75 Å². The monoisotopic (exact) mass is 304 g/mol. The fourth-order valence-corrected chi connectivity index (χ4v) is 1.85. The molecule has 2 N–H and O–H groups in total. The number of hydrogen-bond donors (Lipinski definition) is 2. The minimum atomic E-state index is -0.0950. The number of hydrogen-bond acceptors (Lipinski definition) is 6. The molecule has 7 heteroatoms. The zero-order valence-electron chi connectivity index (χ0n) is 12.9. The topological polar surface area (TPSA) is 89.3 Å². The number of aryl methyl sites for hydroxylation is 1. The van der Waals surface area contributed by atoms with E-state index >= 15 is 0 Å². The van der Waals surface area contributed by atoms with E-state index in [-0.39, 0.29) is 18.4 Å². The van der Waals surface area contributed by atoms with Crippen molar-refractivity contribution in [1.29, 1.82) is 0 Å². The Morgan fingerprint density at radius 3 is 2.68 bits per heavy atom. The molecule has 22 heavy (non-hydrogen) atoms. The third-order valence-electron chi connectivity index (χ3n) is 3.02. The summed E-state index contributed by atoms with van der Waals surface area (Å²) < 4.78 is 10.4. The van der Waals surface area contributed by atoms with E-state index in [1.807, 2.05) is 14.0 Å². The van der Waals surface area contributed by atoms with Gasteiger partial charge < -0.3 is 19.9 Å². The fraction of sp³-hybridized carbons (Fsp3) is 0.400. The van der Waals surface area contributed by atoms with Crippen LogP contribution in [-0.4, -0.2) is 29.6 Å². The van der Waals surface area contributed by atoms with Crippen LogP contribution >= 0.6 is 0 Å². The highest BCUT2D eigenvalue weighted by molar-refractivity contribution is 5.92. The molecule has 0 radical (unpaired) electrons. The Balaban J connectivity index is 1.86. The molecule has 1 aromatic carbocycles. The summed E-state index contributed by atoms with van der Waals surface area (Å²) in [6.45, 7) is 4.47. The summed E-state index contributed by atoms with van der Waals surface area (Å²) in [6, 6.07) is 7.15. The zero-order chi connectivity index (χ0) is 15.9. The number of carbonyl (C=O) groups is 1. The van der Waals surface area contributed by atoms with E-state index in [1.165, 1.54) is 0 Å². The Morgan fingerprint density at radius 2 is 2.09 bits per heavy atom. The molecule has 2 aromatic rings. The number of nitrogens with one attached hydrogen (secondary N) is 2. The van der Waals surface area contributed by atoms with Crippen molar-refractivity contribution < 1.29 is 14.1 Å². The average molecular weight is 304 g/mol. The summed E-state index contributed by atoms with van der Waals surface area (Å²) in [5.74, 6) is 1.56. The van der Waals surface area contributed by atoms with Crippen molar-refractivity contribution in [3.05, 3.63) is 36.0 Å². The first-order valence-corrected chi connectivity index (χ1v) is 7.06. The van der Waals surface area contributed by atoms with E-state index in [1.54, 1.807) is 31.2 Å². The Morgan fingerprint density at radius 1 is 1.36 bits per heavy atom. The molecular weight excluding hydrogens is 284 g/mol. The number of amides is 1. The highest BCUT2D eigenvalue weighted by atomic mass is 16.5. The lowest BCUT2D eigenvalue weighted by Crippen LogP contribution is -2.28. The minimum absolute atomic E-state index is 0.0229. The van der Waals surface area contributed by atoms with E-state index in [0.29, 0.717) is 24.0 Å². The number of aromatic nitrogens is 2. The SMILES string of the molecule is CNCC(C)C(=O)Nc1ccc(OCc2noc(C)n2)cc1. The van der Waals surface area contributed by atoms with Crippen LogP contribution < -0.4 is 15.4 Å². The summed E-state index contributed by atoms with van der Waals surface area (Å²) >= 11 is 0. The van der Waals surface area contributed by atoms with Gasteiger partial charge in [0.15, 0.2) is 6.61 Å². The summed E-state index contributed by atoms with van der Waals surface area (Å²) in [5.41, 5.74) is 0.732. The van der Waals surface area contributed by atoms with Crippen molar-refractivity contribution in [3.8, 4) is 5.75 Å². The summed E-state index contributed by atoms with van der Waals surface area (Å²) in [5, 5.41) is 9.58. The first-order chi connectivity index (χ1) is 10.6. The Hall–Kier alpha value is -2.41. The Bertz CT molecular complexity index is 610. The third-order valence-corrected chi connectivity index (χ3v) is 3.02. The molecule has 1 amide bonds. The van der Waals surface area contributed by atoms with Crippen molar-refractivity contribution in [3.63, 3.8) is 0 Å². The van der Waals surface area contributed by atoms with Gasteiger partial charge in [-0.1, -0.05) is 12.1 Å². The van der Waals surface area contributed by atoms with Gasteiger partial charge in [0.1, 0.15) is 5.75 Å². The van der Waals surface area contributed by atoms with Gasteiger partial charge in [-0.15, -0.1) is 0 Å². The number of carbonyl (C=O) groups excluding carboxylic acids is 1. The predicted octanol–water partition coefficient (Wildman–Crippen LogP) is 1.75. The number of rotatable bonds is 7. The normalized spacial score (nSPS) is 12.0. The Kier molecular flexibility index (Phi) is 5.48. The molecule has 0 spiro atoms. The van der Waals surface area contributed by atoms with Gasteiger partial charge in [0, 0.05) is 25.1 Å². The van der Waals surface area contributed by atoms with E-state index in [9.17, 15) is 4.79 Å². The molecule has 1 aromatic heterocycles. The highest BCUT2D eigenvalue weighted by Gasteiger charge is 2.11. The lowest BCUT2D eigenvalue weighted by atomic mass is 10.1. The standard InChI is InChI=1S/C15H20N4O3/c1-10(8-16-3)15(20)18-12-4-6-13(7-5-12)21-9-14-17-11(2)22-19-14/h4-7,10,16H,8-9H2,1-3H3,(H,18,20). The molecule has 0 saturated carbocycles. The minimum Gasteiger partial charge on any atom is -0.485 e. The van der Waals surface area contributed by atoms with Crippen molar-refractivity contribution in [2.75, 3.05) is 18.9 Å². The summed E-state index contributed by atoms with van der Waals surface area (Å²) in [7, 11) is 1.82. The molecule has 0 aliphatic heterocycles. The first-order valence-electron chi connectivity index (χ1n) is 7.06. The van der Waals surface area contributed by atoms with Gasteiger partial charge in [0.25, 0.3) is 0 Å². The van der Waals surface area contributed by atoms with Crippen molar-refractivity contribution in [1.82, 2.24) is 15.5 Å². The maximum Gasteiger partial charge on any atom is 0.228 e. The van der Waals surface area contributed by atoms with Crippen LogP contribution in [0.25, 0.3) is 0 Å². The second kappa shape index (κ2) is 7.56. The van der Waals surface area contributed by atoms with E-state index < -0.39 is 0 Å². The van der Waals surface area contributed by atoms with Gasteiger partial charge >= 0.3 is 0 Å². The van der Waals surface area contributed by atoms with Crippen molar-refractivity contribution >= 4 is 11.6 Å².